The van der Waals surface area contributed by atoms with Crippen LogP contribution >= 0.6 is 0 Å². The maximum atomic E-state index is 8.58. The molecule has 0 aliphatic carbocycles. The molecule has 1 unspecified atom stereocenters. The third-order valence-electron chi connectivity index (χ3n) is 2.16. The van der Waals surface area contributed by atoms with E-state index in [0.29, 0.717) is 6.42 Å². The molecule has 86 valence electrons. The third-order valence-corrected chi connectivity index (χ3v) is 2.16. The molecule has 4 heteroatoms. The summed E-state index contributed by atoms with van der Waals surface area (Å²) < 4.78 is 10.3. The monoisotopic (exact) mass is 220 g/mol. The number of nitriles is 1. The molecule has 0 saturated carbocycles. The van der Waals surface area contributed by atoms with Crippen LogP contribution in [-0.4, -0.2) is 20.3 Å². The first-order chi connectivity index (χ1) is 7.69. The Bertz CT molecular complexity index is 363. The Morgan fingerprint density at radius 2 is 1.81 bits per heavy atom. The molecule has 1 rings (SSSR count). The topological polar surface area (TPSA) is 54.3 Å². The van der Waals surface area contributed by atoms with Gasteiger partial charge in [0.25, 0.3) is 0 Å². The van der Waals surface area contributed by atoms with Gasteiger partial charge in [0, 0.05) is 29.9 Å². The lowest BCUT2D eigenvalue weighted by atomic mass is 10.2. The van der Waals surface area contributed by atoms with Crippen LogP contribution in [0.25, 0.3) is 0 Å². The minimum absolute atomic E-state index is 0.0989. The summed E-state index contributed by atoms with van der Waals surface area (Å²) in [5.41, 5.74) is 0.888. The average molecular weight is 220 g/mol. The number of rotatable bonds is 5. The second kappa shape index (κ2) is 5.86. The molecular weight excluding hydrogens is 204 g/mol. The lowest BCUT2D eigenvalue weighted by Crippen LogP contribution is -2.14. The fraction of sp³-hybridized carbons (Fsp3) is 0.417. The largest absolute Gasteiger partial charge is 0.497 e. The Kier molecular flexibility index (Phi) is 4.46. The van der Waals surface area contributed by atoms with Crippen molar-refractivity contribution in [3.8, 4) is 17.6 Å². The van der Waals surface area contributed by atoms with E-state index in [2.05, 4.69) is 11.4 Å². The SMILES string of the molecule is COc1cc(NC(C)CC#N)cc(OC)c1. The molecule has 0 amide bonds. The van der Waals surface area contributed by atoms with Gasteiger partial charge in [-0.25, -0.2) is 0 Å². The third kappa shape index (κ3) is 3.35. The normalized spacial score (nSPS) is 11.4. The number of nitrogens with one attached hydrogen (secondary N) is 1. The minimum Gasteiger partial charge on any atom is -0.497 e. The van der Waals surface area contributed by atoms with Crippen molar-refractivity contribution in [1.29, 1.82) is 5.26 Å². The second-order valence-electron chi connectivity index (χ2n) is 3.51. The molecule has 16 heavy (non-hydrogen) atoms. The predicted molar refractivity (Wildman–Crippen MR) is 62.9 cm³/mol. The number of hydrogen-bond donors (Lipinski definition) is 1. The van der Waals surface area contributed by atoms with Gasteiger partial charge in [0.05, 0.1) is 26.7 Å². The molecule has 0 radical (unpaired) electrons. The first-order valence-corrected chi connectivity index (χ1v) is 5.06. The van der Waals surface area contributed by atoms with E-state index in [-0.39, 0.29) is 6.04 Å². The van der Waals surface area contributed by atoms with Crippen molar-refractivity contribution >= 4 is 5.69 Å². The molecular formula is C12H16N2O2. The number of anilines is 1. The summed E-state index contributed by atoms with van der Waals surface area (Å²) in [6, 6.07) is 7.77. The van der Waals surface area contributed by atoms with Gasteiger partial charge in [-0.1, -0.05) is 0 Å². The molecule has 0 aliphatic rings. The van der Waals surface area contributed by atoms with Gasteiger partial charge in [-0.3, -0.25) is 0 Å². The number of nitrogens with zero attached hydrogens (tertiary/aromatic N) is 1. The fourth-order valence-corrected chi connectivity index (χ4v) is 1.36. The molecule has 0 heterocycles. The summed E-state index contributed by atoms with van der Waals surface area (Å²) in [4.78, 5) is 0. The Morgan fingerprint density at radius 3 is 2.25 bits per heavy atom. The highest BCUT2D eigenvalue weighted by Gasteiger charge is 2.05. The number of methoxy groups -OCH3 is 2. The lowest BCUT2D eigenvalue weighted by molar-refractivity contribution is 0.394. The lowest BCUT2D eigenvalue weighted by Gasteiger charge is -2.14. The van der Waals surface area contributed by atoms with E-state index in [1.807, 2.05) is 19.1 Å². The molecule has 0 spiro atoms. The molecule has 0 saturated heterocycles. The summed E-state index contributed by atoms with van der Waals surface area (Å²) in [5.74, 6) is 1.46. The summed E-state index contributed by atoms with van der Waals surface area (Å²) >= 11 is 0. The number of ether oxygens (including phenoxy) is 2. The zero-order valence-electron chi connectivity index (χ0n) is 9.78. The first-order valence-electron chi connectivity index (χ1n) is 5.06. The number of hydrogen-bond acceptors (Lipinski definition) is 4. The fourth-order valence-electron chi connectivity index (χ4n) is 1.36. The van der Waals surface area contributed by atoms with Crippen molar-refractivity contribution in [2.45, 2.75) is 19.4 Å². The zero-order valence-corrected chi connectivity index (χ0v) is 9.78. The molecule has 0 aromatic heterocycles. The van der Waals surface area contributed by atoms with Crippen molar-refractivity contribution in [2.24, 2.45) is 0 Å². The number of benzene rings is 1. The Labute approximate surface area is 95.8 Å². The van der Waals surface area contributed by atoms with Gasteiger partial charge >= 0.3 is 0 Å². The van der Waals surface area contributed by atoms with Crippen LogP contribution in [0.3, 0.4) is 0 Å². The van der Waals surface area contributed by atoms with E-state index in [4.69, 9.17) is 14.7 Å². The van der Waals surface area contributed by atoms with Crippen LogP contribution in [0.5, 0.6) is 11.5 Å². The average Bonchev–Trinajstić information content (AvgIpc) is 2.28. The van der Waals surface area contributed by atoms with Crippen molar-refractivity contribution in [3.63, 3.8) is 0 Å². The first kappa shape index (κ1) is 12.2. The van der Waals surface area contributed by atoms with Crippen molar-refractivity contribution in [3.05, 3.63) is 18.2 Å². The van der Waals surface area contributed by atoms with E-state index in [1.165, 1.54) is 0 Å². The van der Waals surface area contributed by atoms with Gasteiger partial charge < -0.3 is 14.8 Å². The Hall–Kier alpha value is -1.89. The van der Waals surface area contributed by atoms with Gasteiger partial charge in [-0.05, 0) is 6.92 Å². The quantitative estimate of drug-likeness (QED) is 0.828. The van der Waals surface area contributed by atoms with Gasteiger partial charge in [0.1, 0.15) is 11.5 Å². The van der Waals surface area contributed by atoms with E-state index >= 15 is 0 Å². The summed E-state index contributed by atoms with van der Waals surface area (Å²) in [7, 11) is 3.22. The maximum Gasteiger partial charge on any atom is 0.124 e. The van der Waals surface area contributed by atoms with Gasteiger partial charge in [0.2, 0.25) is 0 Å². The minimum atomic E-state index is 0.0989. The van der Waals surface area contributed by atoms with Crippen LogP contribution in [0.4, 0.5) is 5.69 Å². The van der Waals surface area contributed by atoms with Crippen LogP contribution in [0, 0.1) is 11.3 Å². The van der Waals surface area contributed by atoms with Crippen LogP contribution in [-0.2, 0) is 0 Å². The summed E-state index contributed by atoms with van der Waals surface area (Å²) in [6.45, 7) is 1.95. The van der Waals surface area contributed by atoms with Crippen LogP contribution in [0.1, 0.15) is 13.3 Å². The maximum absolute atomic E-state index is 8.58. The molecule has 0 bridgehead atoms. The van der Waals surface area contributed by atoms with Gasteiger partial charge in [-0.2, -0.15) is 5.26 Å². The highest BCUT2D eigenvalue weighted by molar-refractivity contribution is 5.54. The standard InChI is InChI=1S/C12H16N2O2/c1-9(4-5-13)14-10-6-11(15-2)8-12(7-10)16-3/h6-9,14H,4H2,1-3H3. The summed E-state index contributed by atoms with van der Waals surface area (Å²) in [5, 5.41) is 11.8. The van der Waals surface area contributed by atoms with Crippen LogP contribution in [0.15, 0.2) is 18.2 Å². The Morgan fingerprint density at radius 1 is 1.25 bits per heavy atom. The van der Waals surface area contributed by atoms with Gasteiger partial charge in [0.15, 0.2) is 0 Å². The highest BCUT2D eigenvalue weighted by atomic mass is 16.5. The van der Waals surface area contributed by atoms with Crippen LogP contribution in [0.2, 0.25) is 0 Å². The van der Waals surface area contributed by atoms with E-state index in [0.717, 1.165) is 17.2 Å². The molecule has 0 fully saturated rings. The Balaban J connectivity index is 2.83. The molecule has 4 nitrogen and oxygen atoms in total. The molecule has 0 aliphatic heterocycles. The predicted octanol–water partition coefficient (Wildman–Crippen LogP) is 2.42. The highest BCUT2D eigenvalue weighted by Crippen LogP contribution is 2.26. The molecule has 1 aromatic rings. The van der Waals surface area contributed by atoms with Crippen molar-refractivity contribution in [2.75, 3.05) is 19.5 Å². The van der Waals surface area contributed by atoms with Crippen molar-refractivity contribution < 1.29 is 9.47 Å². The van der Waals surface area contributed by atoms with Gasteiger partial charge in [-0.15, -0.1) is 0 Å². The summed E-state index contributed by atoms with van der Waals surface area (Å²) in [6.07, 6.45) is 0.458. The van der Waals surface area contributed by atoms with E-state index < -0.39 is 0 Å². The molecule has 1 atom stereocenters. The van der Waals surface area contributed by atoms with Crippen molar-refractivity contribution in [1.82, 2.24) is 0 Å². The second-order valence-corrected chi connectivity index (χ2v) is 3.51. The zero-order chi connectivity index (χ0) is 12.0. The molecule has 1 N–H and O–H groups in total. The van der Waals surface area contributed by atoms with E-state index in [1.54, 1.807) is 20.3 Å². The van der Waals surface area contributed by atoms with Crippen LogP contribution < -0.4 is 14.8 Å². The molecule has 1 aromatic carbocycles. The smallest absolute Gasteiger partial charge is 0.124 e. The van der Waals surface area contributed by atoms with E-state index in [9.17, 15) is 0 Å².